The van der Waals surface area contributed by atoms with Gasteiger partial charge in [0.1, 0.15) is 0 Å². The maximum Gasteiger partial charge on any atom is 0.282 e. The minimum absolute atomic E-state index is 0.0959. The number of ketones is 1. The number of nitrogens with zero attached hydrogens (tertiary/aromatic N) is 2. The van der Waals surface area contributed by atoms with Crippen LogP contribution in [-0.2, 0) is 11.2 Å². The Morgan fingerprint density at radius 1 is 0.964 bits per heavy atom. The summed E-state index contributed by atoms with van der Waals surface area (Å²) < 4.78 is 0. The largest absolute Gasteiger partial charge is 0.360 e. The molecule has 0 saturated carbocycles. The van der Waals surface area contributed by atoms with Gasteiger partial charge in [0.05, 0.1) is 26.2 Å². The number of carbonyl (C=O) groups is 2. The van der Waals surface area contributed by atoms with Crippen LogP contribution in [0.3, 0.4) is 0 Å². The first-order chi connectivity index (χ1) is 13.6. The summed E-state index contributed by atoms with van der Waals surface area (Å²) in [7, 11) is 0. The molecule has 1 amide bonds. The number of Topliss-reactive ketones (excluding diaryl/α,β-unsaturated/α-hetero) is 1. The van der Waals surface area contributed by atoms with E-state index in [1.807, 2.05) is 35.2 Å². The van der Waals surface area contributed by atoms with E-state index >= 15 is 0 Å². The molecule has 0 radical (unpaired) electrons. The predicted octanol–water partition coefficient (Wildman–Crippen LogP) is 1.57. The highest BCUT2D eigenvalue weighted by atomic mass is 16.2. The SMILES string of the molecule is CC(=O)c1ccc(N2CC[NH+](CC(=O)N3CCCc4ccccc43)CC2)cc1. The molecule has 2 aromatic rings. The van der Waals surface area contributed by atoms with E-state index in [-0.39, 0.29) is 11.7 Å². The van der Waals surface area contributed by atoms with Crippen LogP contribution >= 0.6 is 0 Å². The van der Waals surface area contributed by atoms with Crippen LogP contribution in [0, 0.1) is 0 Å². The number of carbonyl (C=O) groups excluding carboxylic acids is 2. The van der Waals surface area contributed by atoms with Crippen LogP contribution in [-0.4, -0.2) is 51.0 Å². The lowest BCUT2D eigenvalue weighted by molar-refractivity contribution is -0.892. The lowest BCUT2D eigenvalue weighted by atomic mass is 10.0. The van der Waals surface area contributed by atoms with Gasteiger partial charge in [0.25, 0.3) is 5.91 Å². The Labute approximate surface area is 166 Å². The third-order valence-corrected chi connectivity index (χ3v) is 5.92. The molecule has 0 bridgehead atoms. The van der Waals surface area contributed by atoms with Crippen molar-refractivity contribution in [3.8, 4) is 0 Å². The Bertz CT molecular complexity index is 854. The lowest BCUT2D eigenvalue weighted by Crippen LogP contribution is -3.16. The normalized spacial score (nSPS) is 17.3. The molecule has 1 fully saturated rings. The van der Waals surface area contributed by atoms with E-state index in [1.54, 1.807) is 6.92 Å². The summed E-state index contributed by atoms with van der Waals surface area (Å²) in [6, 6.07) is 16.1. The van der Waals surface area contributed by atoms with E-state index in [0.29, 0.717) is 6.54 Å². The fourth-order valence-electron chi connectivity index (χ4n) is 4.27. The number of fused-ring (bicyclic) bond motifs is 1. The van der Waals surface area contributed by atoms with Gasteiger partial charge in [0.2, 0.25) is 0 Å². The topological polar surface area (TPSA) is 45.1 Å². The molecular formula is C23H28N3O2+. The minimum Gasteiger partial charge on any atom is -0.360 e. The Morgan fingerprint density at radius 2 is 1.68 bits per heavy atom. The number of para-hydroxylation sites is 1. The molecule has 0 aromatic heterocycles. The Balaban J connectivity index is 1.33. The van der Waals surface area contributed by atoms with Gasteiger partial charge >= 0.3 is 0 Å². The molecule has 1 saturated heterocycles. The molecule has 0 aliphatic carbocycles. The standard InChI is InChI=1S/C23H27N3O2/c1-18(27)19-8-10-21(11-9-19)25-15-13-24(14-16-25)17-23(28)26-12-4-6-20-5-2-3-7-22(20)26/h2-3,5,7-11H,4,6,12-17H2,1H3/p+1. The molecule has 4 rings (SSSR count). The zero-order chi connectivity index (χ0) is 19.5. The van der Waals surface area contributed by atoms with Crippen LogP contribution in [0.1, 0.15) is 29.3 Å². The number of piperazine rings is 1. The second kappa shape index (κ2) is 8.15. The highest BCUT2D eigenvalue weighted by Crippen LogP contribution is 2.26. The van der Waals surface area contributed by atoms with Crippen molar-refractivity contribution in [3.05, 3.63) is 59.7 Å². The Kier molecular flexibility index (Phi) is 5.44. The number of quaternary nitrogens is 1. The molecular weight excluding hydrogens is 350 g/mol. The lowest BCUT2D eigenvalue weighted by Gasteiger charge is -2.35. The fraction of sp³-hybridized carbons (Fsp3) is 0.391. The van der Waals surface area contributed by atoms with Gasteiger partial charge < -0.3 is 14.7 Å². The second-order valence-corrected chi connectivity index (χ2v) is 7.79. The molecule has 5 heteroatoms. The molecule has 2 aromatic carbocycles. The number of hydrogen-bond acceptors (Lipinski definition) is 3. The maximum atomic E-state index is 12.9. The van der Waals surface area contributed by atoms with Gasteiger partial charge in [-0.1, -0.05) is 18.2 Å². The number of aryl methyl sites for hydroxylation is 1. The first kappa shape index (κ1) is 18.7. The highest BCUT2D eigenvalue weighted by Gasteiger charge is 2.27. The van der Waals surface area contributed by atoms with Crippen molar-refractivity contribution in [3.63, 3.8) is 0 Å². The molecule has 1 N–H and O–H groups in total. The number of anilines is 2. The van der Waals surface area contributed by atoms with Crippen molar-refractivity contribution in [2.45, 2.75) is 19.8 Å². The van der Waals surface area contributed by atoms with Crippen molar-refractivity contribution in [2.75, 3.05) is 49.1 Å². The molecule has 28 heavy (non-hydrogen) atoms. The van der Waals surface area contributed by atoms with Crippen LogP contribution in [0.4, 0.5) is 11.4 Å². The van der Waals surface area contributed by atoms with Crippen molar-refractivity contribution in [1.82, 2.24) is 0 Å². The quantitative estimate of drug-likeness (QED) is 0.822. The summed E-state index contributed by atoms with van der Waals surface area (Å²) in [5, 5.41) is 0. The summed E-state index contributed by atoms with van der Waals surface area (Å²) in [4.78, 5) is 30.1. The number of hydrogen-bond donors (Lipinski definition) is 1. The maximum absolute atomic E-state index is 12.9. The van der Waals surface area contributed by atoms with Gasteiger partial charge in [-0.3, -0.25) is 9.59 Å². The van der Waals surface area contributed by atoms with E-state index in [9.17, 15) is 9.59 Å². The average molecular weight is 378 g/mol. The number of benzene rings is 2. The third kappa shape index (κ3) is 3.94. The predicted molar refractivity (Wildman–Crippen MR) is 111 cm³/mol. The highest BCUT2D eigenvalue weighted by molar-refractivity contribution is 5.95. The van der Waals surface area contributed by atoms with E-state index in [4.69, 9.17) is 0 Å². The molecule has 0 atom stereocenters. The van der Waals surface area contributed by atoms with Crippen LogP contribution < -0.4 is 14.7 Å². The second-order valence-electron chi connectivity index (χ2n) is 7.79. The van der Waals surface area contributed by atoms with Gasteiger partial charge in [0, 0.05) is 23.5 Å². The Hall–Kier alpha value is -2.66. The zero-order valence-corrected chi connectivity index (χ0v) is 16.5. The summed E-state index contributed by atoms with van der Waals surface area (Å²) in [5.74, 6) is 0.333. The molecule has 146 valence electrons. The average Bonchev–Trinajstić information content (AvgIpc) is 2.74. The summed E-state index contributed by atoms with van der Waals surface area (Å²) in [6.45, 7) is 6.75. The van der Waals surface area contributed by atoms with Gasteiger partial charge in [-0.05, 0) is 55.7 Å². The fourth-order valence-corrected chi connectivity index (χ4v) is 4.27. The molecule has 0 spiro atoms. The smallest absolute Gasteiger partial charge is 0.282 e. The monoisotopic (exact) mass is 378 g/mol. The van der Waals surface area contributed by atoms with Crippen molar-refractivity contribution in [1.29, 1.82) is 0 Å². The summed E-state index contributed by atoms with van der Waals surface area (Å²) in [5.41, 5.74) is 4.29. The molecule has 2 aliphatic heterocycles. The van der Waals surface area contributed by atoms with E-state index in [0.717, 1.165) is 62.5 Å². The van der Waals surface area contributed by atoms with Crippen LogP contribution in [0.25, 0.3) is 0 Å². The van der Waals surface area contributed by atoms with Gasteiger partial charge in [-0.2, -0.15) is 0 Å². The molecule has 0 unspecified atom stereocenters. The van der Waals surface area contributed by atoms with Gasteiger partial charge in [0.15, 0.2) is 12.3 Å². The van der Waals surface area contributed by atoms with Crippen molar-refractivity contribution < 1.29 is 14.5 Å². The first-order valence-electron chi connectivity index (χ1n) is 10.2. The van der Waals surface area contributed by atoms with Gasteiger partial charge in [-0.25, -0.2) is 0 Å². The number of rotatable bonds is 4. The first-order valence-corrected chi connectivity index (χ1v) is 10.2. The van der Waals surface area contributed by atoms with E-state index in [2.05, 4.69) is 23.1 Å². The summed E-state index contributed by atoms with van der Waals surface area (Å²) in [6.07, 6.45) is 2.11. The van der Waals surface area contributed by atoms with Crippen LogP contribution in [0.5, 0.6) is 0 Å². The van der Waals surface area contributed by atoms with E-state index < -0.39 is 0 Å². The number of amides is 1. The van der Waals surface area contributed by atoms with Gasteiger partial charge in [-0.15, -0.1) is 0 Å². The van der Waals surface area contributed by atoms with Crippen molar-refractivity contribution in [2.24, 2.45) is 0 Å². The molecule has 2 heterocycles. The zero-order valence-electron chi connectivity index (χ0n) is 16.5. The van der Waals surface area contributed by atoms with E-state index in [1.165, 1.54) is 10.5 Å². The van der Waals surface area contributed by atoms with Crippen LogP contribution in [0.15, 0.2) is 48.5 Å². The summed E-state index contributed by atoms with van der Waals surface area (Å²) >= 11 is 0. The third-order valence-electron chi connectivity index (χ3n) is 5.92. The molecule has 2 aliphatic rings. The Morgan fingerprint density at radius 3 is 2.39 bits per heavy atom. The van der Waals surface area contributed by atoms with Crippen LogP contribution in [0.2, 0.25) is 0 Å². The molecule has 5 nitrogen and oxygen atoms in total. The van der Waals surface area contributed by atoms with Crippen molar-refractivity contribution >= 4 is 23.1 Å². The minimum atomic E-state index is 0.0959. The number of nitrogens with one attached hydrogen (secondary N) is 1.